The fourth-order valence-corrected chi connectivity index (χ4v) is 1.88. The molecule has 3 aromatic rings. The summed E-state index contributed by atoms with van der Waals surface area (Å²) in [6.07, 6.45) is 1.55. The first-order valence-electron chi connectivity index (χ1n) is 5.50. The molecule has 19 heavy (non-hydrogen) atoms. The zero-order valence-electron chi connectivity index (χ0n) is 9.68. The maximum absolute atomic E-state index is 13.4. The van der Waals surface area contributed by atoms with E-state index in [1.165, 1.54) is 16.8 Å². The summed E-state index contributed by atoms with van der Waals surface area (Å²) in [5, 5.41) is 4.34. The molecule has 1 aromatic carbocycles. The number of hydrogen-bond acceptors (Lipinski definition) is 3. The fourth-order valence-electron chi connectivity index (χ4n) is 1.76. The third kappa shape index (κ3) is 2.08. The molecule has 0 amide bonds. The van der Waals surface area contributed by atoms with Crippen LogP contribution in [0.25, 0.3) is 17.1 Å². The van der Waals surface area contributed by atoms with Gasteiger partial charge in [0.15, 0.2) is 5.76 Å². The van der Waals surface area contributed by atoms with Gasteiger partial charge in [0.1, 0.15) is 17.3 Å². The molecule has 4 nitrogen and oxygen atoms in total. The van der Waals surface area contributed by atoms with E-state index in [1.807, 2.05) is 0 Å². The Morgan fingerprint density at radius 3 is 2.79 bits per heavy atom. The van der Waals surface area contributed by atoms with Crippen molar-refractivity contribution in [2.75, 3.05) is 5.73 Å². The molecule has 0 spiro atoms. The maximum atomic E-state index is 13.4. The number of aromatic nitrogens is 2. The Morgan fingerprint density at radius 2 is 2.11 bits per heavy atom. The largest absolute Gasteiger partial charge is 0.463 e. The van der Waals surface area contributed by atoms with Crippen molar-refractivity contribution >= 4 is 17.4 Å². The summed E-state index contributed by atoms with van der Waals surface area (Å²) in [5.41, 5.74) is 6.95. The van der Waals surface area contributed by atoms with Crippen LogP contribution in [0.2, 0.25) is 5.02 Å². The summed E-state index contributed by atoms with van der Waals surface area (Å²) in [4.78, 5) is 0. The van der Waals surface area contributed by atoms with Crippen LogP contribution in [0, 0.1) is 5.82 Å². The smallest absolute Gasteiger partial charge is 0.154 e. The summed E-state index contributed by atoms with van der Waals surface area (Å²) in [6.45, 7) is 0. The van der Waals surface area contributed by atoms with E-state index in [1.54, 1.807) is 30.5 Å². The molecular formula is C13H9ClFN3O. The molecule has 0 radical (unpaired) electrons. The normalized spacial score (nSPS) is 10.8. The lowest BCUT2D eigenvalue weighted by molar-refractivity contribution is 0.579. The summed E-state index contributed by atoms with van der Waals surface area (Å²) in [6, 6.07) is 9.56. The molecule has 0 aliphatic rings. The zero-order chi connectivity index (χ0) is 13.4. The van der Waals surface area contributed by atoms with Crippen LogP contribution in [0.1, 0.15) is 0 Å². The van der Waals surface area contributed by atoms with Crippen molar-refractivity contribution in [2.24, 2.45) is 0 Å². The van der Waals surface area contributed by atoms with Crippen LogP contribution in [0.5, 0.6) is 0 Å². The van der Waals surface area contributed by atoms with Gasteiger partial charge in [-0.2, -0.15) is 5.10 Å². The first-order chi connectivity index (χ1) is 9.15. The third-order valence-corrected chi connectivity index (χ3v) is 2.96. The SMILES string of the molecule is Nc1cc(-c2ccco2)nn1-c1ccc(Cl)c(F)c1. The highest BCUT2D eigenvalue weighted by Gasteiger charge is 2.11. The Labute approximate surface area is 113 Å². The minimum atomic E-state index is -0.520. The Kier molecular flexibility index (Phi) is 2.76. The molecule has 0 atom stereocenters. The van der Waals surface area contributed by atoms with Crippen LogP contribution in [0.15, 0.2) is 47.1 Å². The molecule has 0 aliphatic carbocycles. The second-order valence-corrected chi connectivity index (χ2v) is 4.35. The number of rotatable bonds is 2. The Bertz CT molecular complexity index is 722. The topological polar surface area (TPSA) is 57.0 Å². The van der Waals surface area contributed by atoms with E-state index in [4.69, 9.17) is 21.8 Å². The van der Waals surface area contributed by atoms with Crippen LogP contribution < -0.4 is 5.73 Å². The standard InChI is InChI=1S/C13H9ClFN3O/c14-9-4-3-8(6-10(9)15)18-13(16)7-11(17-18)12-2-1-5-19-12/h1-7H,16H2. The van der Waals surface area contributed by atoms with Gasteiger partial charge in [-0.05, 0) is 24.3 Å². The quantitative estimate of drug-likeness (QED) is 0.780. The van der Waals surface area contributed by atoms with E-state index >= 15 is 0 Å². The second-order valence-electron chi connectivity index (χ2n) is 3.94. The summed E-state index contributed by atoms with van der Waals surface area (Å²) >= 11 is 5.64. The number of nitrogens with two attached hydrogens (primary N) is 1. The van der Waals surface area contributed by atoms with Crippen LogP contribution >= 0.6 is 11.6 Å². The monoisotopic (exact) mass is 277 g/mol. The Hall–Kier alpha value is -2.27. The Morgan fingerprint density at radius 1 is 1.26 bits per heavy atom. The number of furan rings is 1. The van der Waals surface area contributed by atoms with Crippen LogP contribution in [-0.2, 0) is 0 Å². The van der Waals surface area contributed by atoms with E-state index in [2.05, 4.69) is 5.10 Å². The van der Waals surface area contributed by atoms with Crippen molar-refractivity contribution in [1.82, 2.24) is 9.78 Å². The van der Waals surface area contributed by atoms with Gasteiger partial charge < -0.3 is 10.2 Å². The molecule has 0 saturated heterocycles. The van der Waals surface area contributed by atoms with Crippen molar-refractivity contribution in [1.29, 1.82) is 0 Å². The molecule has 2 heterocycles. The molecule has 0 aliphatic heterocycles. The van der Waals surface area contributed by atoms with Gasteiger partial charge >= 0.3 is 0 Å². The molecule has 0 fully saturated rings. The lowest BCUT2D eigenvalue weighted by Crippen LogP contribution is -2.02. The first-order valence-corrected chi connectivity index (χ1v) is 5.88. The van der Waals surface area contributed by atoms with E-state index < -0.39 is 5.82 Å². The highest BCUT2D eigenvalue weighted by Crippen LogP contribution is 2.25. The third-order valence-electron chi connectivity index (χ3n) is 2.66. The molecule has 0 bridgehead atoms. The van der Waals surface area contributed by atoms with E-state index in [0.29, 0.717) is 23.0 Å². The number of hydrogen-bond donors (Lipinski definition) is 1. The lowest BCUT2D eigenvalue weighted by atomic mass is 10.3. The van der Waals surface area contributed by atoms with Gasteiger partial charge in [0.25, 0.3) is 0 Å². The maximum Gasteiger partial charge on any atom is 0.154 e. The van der Waals surface area contributed by atoms with Gasteiger partial charge in [-0.3, -0.25) is 0 Å². The van der Waals surface area contributed by atoms with Crippen molar-refractivity contribution in [3.05, 3.63) is 53.5 Å². The van der Waals surface area contributed by atoms with E-state index in [9.17, 15) is 4.39 Å². The lowest BCUT2D eigenvalue weighted by Gasteiger charge is -2.04. The van der Waals surface area contributed by atoms with Crippen LogP contribution in [0.4, 0.5) is 10.2 Å². The van der Waals surface area contributed by atoms with Gasteiger partial charge in [0, 0.05) is 12.1 Å². The zero-order valence-corrected chi connectivity index (χ0v) is 10.4. The minimum Gasteiger partial charge on any atom is -0.463 e. The van der Waals surface area contributed by atoms with Crippen molar-refractivity contribution in [3.63, 3.8) is 0 Å². The van der Waals surface area contributed by atoms with E-state index in [0.717, 1.165) is 0 Å². The van der Waals surface area contributed by atoms with Gasteiger partial charge in [-0.25, -0.2) is 9.07 Å². The van der Waals surface area contributed by atoms with Gasteiger partial charge in [-0.15, -0.1) is 0 Å². The summed E-state index contributed by atoms with van der Waals surface area (Å²) in [5.74, 6) is 0.460. The predicted octanol–water partition coefficient (Wildman–Crippen LogP) is 3.51. The molecule has 0 unspecified atom stereocenters. The molecule has 0 saturated carbocycles. The molecule has 2 N–H and O–H groups in total. The van der Waals surface area contributed by atoms with Crippen LogP contribution in [0.3, 0.4) is 0 Å². The van der Waals surface area contributed by atoms with Crippen molar-refractivity contribution in [3.8, 4) is 17.1 Å². The van der Waals surface area contributed by atoms with Gasteiger partial charge in [0.05, 0.1) is 17.0 Å². The molecular weight excluding hydrogens is 269 g/mol. The number of anilines is 1. The summed E-state index contributed by atoms with van der Waals surface area (Å²) in [7, 11) is 0. The molecule has 2 aromatic heterocycles. The number of halogens is 2. The van der Waals surface area contributed by atoms with Crippen LogP contribution in [-0.4, -0.2) is 9.78 Å². The summed E-state index contributed by atoms with van der Waals surface area (Å²) < 4.78 is 20.1. The number of nitrogen functional groups attached to an aromatic ring is 1. The minimum absolute atomic E-state index is 0.0562. The second kappa shape index (κ2) is 4.44. The highest BCUT2D eigenvalue weighted by atomic mass is 35.5. The average molecular weight is 278 g/mol. The highest BCUT2D eigenvalue weighted by molar-refractivity contribution is 6.30. The number of benzene rings is 1. The fraction of sp³-hybridized carbons (Fsp3) is 0. The Balaban J connectivity index is 2.08. The molecule has 3 rings (SSSR count). The molecule has 6 heteroatoms. The van der Waals surface area contributed by atoms with Gasteiger partial charge in [0.2, 0.25) is 0 Å². The average Bonchev–Trinajstić information content (AvgIpc) is 3.01. The van der Waals surface area contributed by atoms with Crippen molar-refractivity contribution in [2.45, 2.75) is 0 Å². The number of nitrogens with zero attached hydrogens (tertiary/aromatic N) is 2. The van der Waals surface area contributed by atoms with Crippen molar-refractivity contribution < 1.29 is 8.81 Å². The first kappa shape index (κ1) is 11.8. The van der Waals surface area contributed by atoms with E-state index in [-0.39, 0.29) is 5.02 Å². The molecule has 96 valence electrons. The van der Waals surface area contributed by atoms with Gasteiger partial charge in [-0.1, -0.05) is 11.6 Å². The predicted molar refractivity (Wildman–Crippen MR) is 70.6 cm³/mol.